The number of carbonyl (C=O) groups excluding carboxylic acids is 2. The lowest BCUT2D eigenvalue weighted by Gasteiger charge is -1.95. The van der Waals surface area contributed by atoms with E-state index >= 15 is 0 Å². The molecule has 0 aliphatic carbocycles. The zero-order chi connectivity index (χ0) is 10.3. The minimum atomic E-state index is -1.11. The van der Waals surface area contributed by atoms with Gasteiger partial charge in [-0.3, -0.25) is 0 Å². The second kappa shape index (κ2) is 5.51. The number of para-hydroxylation sites is 1. The summed E-state index contributed by atoms with van der Waals surface area (Å²) in [4.78, 5) is 26.5. The van der Waals surface area contributed by atoms with E-state index in [0.717, 1.165) is 0 Å². The van der Waals surface area contributed by atoms with Crippen LogP contribution < -0.4 is 0 Å². The van der Waals surface area contributed by atoms with Gasteiger partial charge in [-0.25, -0.2) is 4.79 Å². The Morgan fingerprint density at radius 2 is 1.69 bits per heavy atom. The predicted octanol–water partition coefficient (Wildman–Crippen LogP) is 0.507. The van der Waals surface area contributed by atoms with Gasteiger partial charge in [0.05, 0.1) is 0 Å². The van der Waals surface area contributed by atoms with Crippen LogP contribution in [0.1, 0.15) is 10.4 Å². The van der Waals surface area contributed by atoms with E-state index in [9.17, 15) is 4.79 Å². The van der Waals surface area contributed by atoms with Gasteiger partial charge in [0.25, 0.3) is 0 Å². The van der Waals surface area contributed by atoms with Gasteiger partial charge in [0.1, 0.15) is 11.3 Å². The van der Waals surface area contributed by atoms with E-state index in [4.69, 9.17) is 19.8 Å². The molecule has 0 saturated carbocycles. The van der Waals surface area contributed by atoms with Crippen LogP contribution in [0.15, 0.2) is 24.3 Å². The van der Waals surface area contributed by atoms with Gasteiger partial charge in [0.2, 0.25) is 0 Å². The summed E-state index contributed by atoms with van der Waals surface area (Å²) in [6.45, 7) is 0. The van der Waals surface area contributed by atoms with Gasteiger partial charge >= 0.3 is 12.1 Å². The number of hydrogen-bond donors (Lipinski definition) is 2. The molecular weight excluding hydrogens is 176 g/mol. The van der Waals surface area contributed by atoms with Crippen molar-refractivity contribution in [2.24, 2.45) is 0 Å². The first-order chi connectivity index (χ1) is 6.13. The largest absolute Gasteiger partial charge is 0.507 e. The molecule has 0 saturated heterocycles. The Balaban J connectivity index is 0.000000424. The maximum absolute atomic E-state index is 10.3. The van der Waals surface area contributed by atoms with Crippen LogP contribution in [0, 0.1) is 0 Å². The lowest BCUT2D eigenvalue weighted by atomic mass is 10.2. The normalized spacial score (nSPS) is 7.69. The average molecular weight is 182 g/mol. The average Bonchev–Trinajstić information content (AvgIpc) is 2.06. The summed E-state index contributed by atoms with van der Waals surface area (Å²) in [6, 6.07) is 5.81. The van der Waals surface area contributed by atoms with Crippen LogP contribution in [-0.4, -0.2) is 22.3 Å². The van der Waals surface area contributed by atoms with Crippen molar-refractivity contribution < 1.29 is 24.6 Å². The Labute approximate surface area is 73.2 Å². The summed E-state index contributed by atoms with van der Waals surface area (Å²) in [5.74, 6) is -1.31. The fourth-order valence-corrected chi connectivity index (χ4v) is 0.654. The summed E-state index contributed by atoms with van der Waals surface area (Å²) < 4.78 is 0. The van der Waals surface area contributed by atoms with Crippen LogP contribution in [0.5, 0.6) is 5.75 Å². The molecule has 0 amide bonds. The summed E-state index contributed by atoms with van der Waals surface area (Å²) in [6.07, 6.45) is 0.250. The first kappa shape index (κ1) is 10.9. The van der Waals surface area contributed by atoms with Gasteiger partial charge in [0, 0.05) is 0 Å². The van der Waals surface area contributed by atoms with Gasteiger partial charge < -0.3 is 10.2 Å². The number of aromatic carboxylic acids is 1. The molecule has 0 atom stereocenters. The van der Waals surface area contributed by atoms with E-state index in [-0.39, 0.29) is 17.5 Å². The Kier molecular flexibility index (Phi) is 4.61. The van der Waals surface area contributed by atoms with Crippen LogP contribution in [0.3, 0.4) is 0 Å². The second-order valence-electron chi connectivity index (χ2n) is 1.91. The third-order valence-electron chi connectivity index (χ3n) is 1.13. The van der Waals surface area contributed by atoms with Gasteiger partial charge in [0.15, 0.2) is 0 Å². The third-order valence-corrected chi connectivity index (χ3v) is 1.13. The smallest absolute Gasteiger partial charge is 0.373 e. The molecule has 68 valence electrons. The molecule has 2 N–H and O–H groups in total. The maximum Gasteiger partial charge on any atom is 0.373 e. The summed E-state index contributed by atoms with van der Waals surface area (Å²) in [7, 11) is 0. The minimum absolute atomic E-state index is 0.0671. The second-order valence-corrected chi connectivity index (χ2v) is 1.91. The van der Waals surface area contributed by atoms with Crippen molar-refractivity contribution >= 4 is 12.1 Å². The zero-order valence-corrected chi connectivity index (χ0v) is 6.43. The fraction of sp³-hybridized carbons (Fsp3) is 0. The molecule has 0 fully saturated rings. The van der Waals surface area contributed by atoms with Crippen LogP contribution in [0.4, 0.5) is 0 Å². The lowest BCUT2D eigenvalue weighted by molar-refractivity contribution is -0.191. The van der Waals surface area contributed by atoms with Crippen LogP contribution >= 0.6 is 0 Å². The van der Waals surface area contributed by atoms with Crippen LogP contribution in [0.2, 0.25) is 0 Å². The number of carboxylic acids is 1. The van der Waals surface area contributed by atoms with E-state index in [1.165, 1.54) is 12.1 Å². The van der Waals surface area contributed by atoms with Crippen molar-refractivity contribution in [3.8, 4) is 5.75 Å². The molecule has 0 aromatic heterocycles. The van der Waals surface area contributed by atoms with E-state index in [1.54, 1.807) is 12.1 Å². The molecule has 5 heteroatoms. The first-order valence-corrected chi connectivity index (χ1v) is 3.14. The standard InChI is InChI=1S/C7H6O3.CO2/c8-6-4-2-1-3-5(6)7(9)10;2-1-3/h1-4,8H,(H,9,10);. The minimum Gasteiger partial charge on any atom is -0.507 e. The number of rotatable bonds is 1. The molecule has 1 rings (SSSR count). The molecule has 0 radical (unpaired) electrons. The molecule has 5 nitrogen and oxygen atoms in total. The number of phenols is 1. The van der Waals surface area contributed by atoms with E-state index < -0.39 is 5.97 Å². The summed E-state index contributed by atoms with van der Waals surface area (Å²) >= 11 is 0. The van der Waals surface area contributed by atoms with Crippen molar-refractivity contribution in [3.63, 3.8) is 0 Å². The van der Waals surface area contributed by atoms with Crippen molar-refractivity contribution in [2.45, 2.75) is 0 Å². The molecule has 1 aromatic carbocycles. The van der Waals surface area contributed by atoms with Crippen molar-refractivity contribution in [1.29, 1.82) is 0 Å². The topological polar surface area (TPSA) is 91.7 Å². The van der Waals surface area contributed by atoms with E-state index in [2.05, 4.69) is 0 Å². The molecule has 13 heavy (non-hydrogen) atoms. The Morgan fingerprint density at radius 3 is 2.00 bits per heavy atom. The molecule has 0 aliphatic rings. The highest BCUT2D eigenvalue weighted by Gasteiger charge is 2.05. The van der Waals surface area contributed by atoms with Crippen molar-refractivity contribution in [2.75, 3.05) is 0 Å². The molecule has 0 unspecified atom stereocenters. The van der Waals surface area contributed by atoms with Crippen LogP contribution in [-0.2, 0) is 9.59 Å². The lowest BCUT2D eigenvalue weighted by Crippen LogP contribution is -1.95. The Morgan fingerprint density at radius 1 is 1.23 bits per heavy atom. The quantitative estimate of drug-likeness (QED) is 0.660. The molecule has 0 spiro atoms. The van der Waals surface area contributed by atoms with Gasteiger partial charge in [-0.1, -0.05) is 12.1 Å². The molecule has 0 heterocycles. The van der Waals surface area contributed by atoms with E-state index in [0.29, 0.717) is 0 Å². The van der Waals surface area contributed by atoms with Crippen molar-refractivity contribution in [1.82, 2.24) is 0 Å². The number of carboxylic acid groups (broad SMARTS) is 1. The molecular formula is C8H6O5. The number of hydrogen-bond acceptors (Lipinski definition) is 4. The fourth-order valence-electron chi connectivity index (χ4n) is 0.654. The number of carbonyl (C=O) groups is 1. The Bertz CT molecular complexity index is 325. The van der Waals surface area contributed by atoms with E-state index in [1.807, 2.05) is 0 Å². The van der Waals surface area contributed by atoms with Gasteiger partial charge in [-0.2, -0.15) is 9.59 Å². The maximum atomic E-state index is 10.3. The highest BCUT2D eigenvalue weighted by Crippen LogP contribution is 2.14. The monoisotopic (exact) mass is 182 g/mol. The number of aromatic hydroxyl groups is 1. The van der Waals surface area contributed by atoms with Crippen LogP contribution in [0.25, 0.3) is 0 Å². The number of benzene rings is 1. The molecule has 1 aromatic rings. The van der Waals surface area contributed by atoms with Gasteiger partial charge in [-0.05, 0) is 12.1 Å². The summed E-state index contributed by atoms with van der Waals surface area (Å²) in [5.41, 5.74) is -0.0671. The van der Waals surface area contributed by atoms with Crippen molar-refractivity contribution in [3.05, 3.63) is 29.8 Å². The van der Waals surface area contributed by atoms with Gasteiger partial charge in [-0.15, -0.1) is 0 Å². The molecule has 0 bridgehead atoms. The highest BCUT2D eigenvalue weighted by molar-refractivity contribution is 5.90. The Hall–Kier alpha value is -2.13. The third kappa shape index (κ3) is 3.69. The SMILES string of the molecule is O=C(O)c1ccccc1O.O=C=O. The zero-order valence-electron chi connectivity index (χ0n) is 6.43. The highest BCUT2D eigenvalue weighted by atomic mass is 16.4. The summed E-state index contributed by atoms with van der Waals surface area (Å²) in [5, 5.41) is 17.3. The first-order valence-electron chi connectivity index (χ1n) is 3.14. The molecule has 0 aliphatic heterocycles. The predicted molar refractivity (Wildman–Crippen MR) is 40.1 cm³/mol.